The third kappa shape index (κ3) is 3.58. The van der Waals surface area contributed by atoms with E-state index in [9.17, 15) is 14.7 Å². The molecule has 5 heteroatoms. The molecule has 0 unspecified atom stereocenters. The summed E-state index contributed by atoms with van der Waals surface area (Å²) in [5, 5.41) is 9.91. The Balaban J connectivity index is 2.36. The SMILES string of the molecule is Cn1c(=O)/c(=C/c2ccccc2)n(CCO)c(=O)/c1=C/c1ccccc1. The van der Waals surface area contributed by atoms with Crippen molar-refractivity contribution in [3.63, 3.8) is 0 Å². The molecule has 0 saturated heterocycles. The first-order chi connectivity index (χ1) is 12.6. The topological polar surface area (TPSA) is 64.2 Å². The van der Waals surface area contributed by atoms with Crippen LogP contribution in [0.3, 0.4) is 0 Å². The Hall–Kier alpha value is -3.18. The minimum Gasteiger partial charge on any atom is -0.395 e. The van der Waals surface area contributed by atoms with Gasteiger partial charge in [0.1, 0.15) is 10.7 Å². The highest BCUT2D eigenvalue weighted by Crippen LogP contribution is 1.98. The first-order valence-electron chi connectivity index (χ1n) is 8.36. The van der Waals surface area contributed by atoms with Crippen molar-refractivity contribution in [1.82, 2.24) is 9.13 Å². The highest BCUT2D eigenvalue weighted by Gasteiger charge is 2.08. The lowest BCUT2D eigenvalue weighted by molar-refractivity contribution is 0.271. The predicted octanol–water partition coefficient (Wildman–Crippen LogP) is 0.197. The van der Waals surface area contributed by atoms with Crippen molar-refractivity contribution in [2.45, 2.75) is 6.54 Å². The zero-order valence-corrected chi connectivity index (χ0v) is 14.5. The van der Waals surface area contributed by atoms with Crippen molar-refractivity contribution in [1.29, 1.82) is 0 Å². The van der Waals surface area contributed by atoms with Crippen molar-refractivity contribution in [3.8, 4) is 0 Å². The number of benzene rings is 2. The summed E-state index contributed by atoms with van der Waals surface area (Å²) in [4.78, 5) is 25.9. The molecular weight excluding hydrogens is 328 g/mol. The van der Waals surface area contributed by atoms with E-state index in [2.05, 4.69) is 0 Å². The summed E-state index contributed by atoms with van der Waals surface area (Å²) < 4.78 is 2.70. The average molecular weight is 348 g/mol. The van der Waals surface area contributed by atoms with Crippen LogP contribution in [0.2, 0.25) is 0 Å². The van der Waals surface area contributed by atoms with Gasteiger partial charge in [0, 0.05) is 13.6 Å². The normalized spacial score (nSPS) is 12.5. The van der Waals surface area contributed by atoms with Crippen LogP contribution in [-0.2, 0) is 13.6 Å². The molecule has 0 aliphatic carbocycles. The zero-order valence-electron chi connectivity index (χ0n) is 14.5. The average Bonchev–Trinajstić information content (AvgIpc) is 2.68. The molecule has 3 aromatic rings. The van der Waals surface area contributed by atoms with Crippen LogP contribution >= 0.6 is 0 Å². The van der Waals surface area contributed by atoms with Gasteiger partial charge in [-0.05, 0) is 23.3 Å². The van der Waals surface area contributed by atoms with Crippen molar-refractivity contribution in [3.05, 3.63) is 103 Å². The molecule has 0 atom stereocenters. The smallest absolute Gasteiger partial charge is 0.275 e. The monoisotopic (exact) mass is 348 g/mol. The number of hydrogen-bond acceptors (Lipinski definition) is 3. The summed E-state index contributed by atoms with van der Waals surface area (Å²) in [5.74, 6) is 0. The van der Waals surface area contributed by atoms with E-state index in [0.29, 0.717) is 0 Å². The molecule has 0 aliphatic rings. The Kier molecular flexibility index (Phi) is 5.29. The van der Waals surface area contributed by atoms with Crippen LogP contribution in [0.4, 0.5) is 0 Å². The van der Waals surface area contributed by atoms with Gasteiger partial charge in [-0.15, -0.1) is 0 Å². The quantitative estimate of drug-likeness (QED) is 0.732. The third-order valence-electron chi connectivity index (χ3n) is 4.17. The molecule has 0 saturated carbocycles. The van der Waals surface area contributed by atoms with E-state index in [-0.39, 0.29) is 35.0 Å². The molecule has 2 aromatic carbocycles. The van der Waals surface area contributed by atoms with Gasteiger partial charge in [0.15, 0.2) is 0 Å². The number of aromatic nitrogens is 2. The van der Waals surface area contributed by atoms with E-state index in [0.717, 1.165) is 11.1 Å². The molecule has 1 aromatic heterocycles. The third-order valence-corrected chi connectivity index (χ3v) is 4.17. The van der Waals surface area contributed by atoms with E-state index in [1.807, 2.05) is 60.7 Å². The maximum atomic E-state index is 13.0. The maximum Gasteiger partial charge on any atom is 0.275 e. The molecular formula is C21H20N2O3. The Labute approximate surface area is 150 Å². The molecule has 3 rings (SSSR count). The molecule has 0 radical (unpaired) electrons. The molecule has 0 fully saturated rings. The fraction of sp³-hybridized carbons (Fsp3) is 0.143. The molecule has 0 aliphatic heterocycles. The van der Waals surface area contributed by atoms with Crippen LogP contribution in [0, 0.1) is 0 Å². The summed E-state index contributed by atoms with van der Waals surface area (Å²) in [6, 6.07) is 18.7. The number of aliphatic hydroxyl groups excluding tert-OH is 1. The Morgan fingerprint density at radius 2 is 1.31 bits per heavy atom. The predicted molar refractivity (Wildman–Crippen MR) is 102 cm³/mol. The van der Waals surface area contributed by atoms with Crippen LogP contribution < -0.4 is 21.8 Å². The second-order valence-corrected chi connectivity index (χ2v) is 5.93. The number of hydrogen-bond donors (Lipinski definition) is 1. The lowest BCUT2D eigenvalue weighted by Gasteiger charge is -2.08. The minimum atomic E-state index is -0.313. The molecule has 132 valence electrons. The first kappa shape index (κ1) is 17.6. The zero-order chi connectivity index (χ0) is 18.5. The number of nitrogens with zero attached hydrogens (tertiary/aromatic N) is 2. The highest BCUT2D eigenvalue weighted by atomic mass is 16.3. The summed E-state index contributed by atoms with van der Waals surface area (Å²) in [6.45, 7) is -0.170. The molecule has 5 nitrogen and oxygen atoms in total. The summed E-state index contributed by atoms with van der Waals surface area (Å²) in [7, 11) is 1.59. The van der Waals surface area contributed by atoms with E-state index < -0.39 is 0 Å². The largest absolute Gasteiger partial charge is 0.395 e. The van der Waals surface area contributed by atoms with Crippen LogP contribution in [0.5, 0.6) is 0 Å². The maximum absolute atomic E-state index is 13.0. The van der Waals surface area contributed by atoms with Crippen LogP contribution in [0.1, 0.15) is 11.1 Å². The van der Waals surface area contributed by atoms with E-state index >= 15 is 0 Å². The van der Waals surface area contributed by atoms with Gasteiger partial charge < -0.3 is 9.67 Å². The van der Waals surface area contributed by atoms with Crippen molar-refractivity contribution < 1.29 is 5.11 Å². The van der Waals surface area contributed by atoms with Gasteiger partial charge in [-0.25, -0.2) is 0 Å². The Morgan fingerprint density at radius 3 is 1.81 bits per heavy atom. The first-order valence-corrected chi connectivity index (χ1v) is 8.36. The lowest BCUT2D eigenvalue weighted by Crippen LogP contribution is -2.57. The summed E-state index contributed by atoms with van der Waals surface area (Å²) in [6.07, 6.45) is 3.36. The van der Waals surface area contributed by atoms with E-state index in [1.54, 1.807) is 19.2 Å². The summed E-state index contributed by atoms with van der Waals surface area (Å²) >= 11 is 0. The van der Waals surface area contributed by atoms with Gasteiger partial charge in [0.2, 0.25) is 0 Å². The van der Waals surface area contributed by atoms with E-state index in [4.69, 9.17) is 0 Å². The van der Waals surface area contributed by atoms with E-state index in [1.165, 1.54) is 9.13 Å². The summed E-state index contributed by atoms with van der Waals surface area (Å²) in [5.41, 5.74) is 1.04. The number of aliphatic hydroxyl groups is 1. The fourth-order valence-corrected chi connectivity index (χ4v) is 2.82. The van der Waals surface area contributed by atoms with Gasteiger partial charge in [-0.2, -0.15) is 0 Å². The molecule has 26 heavy (non-hydrogen) atoms. The van der Waals surface area contributed by atoms with Gasteiger partial charge in [-0.3, -0.25) is 14.2 Å². The second-order valence-electron chi connectivity index (χ2n) is 5.93. The molecule has 0 bridgehead atoms. The minimum absolute atomic E-state index is 0.0587. The van der Waals surface area contributed by atoms with Gasteiger partial charge in [-0.1, -0.05) is 60.7 Å². The van der Waals surface area contributed by atoms with Crippen LogP contribution in [-0.4, -0.2) is 20.8 Å². The molecule has 0 amide bonds. The van der Waals surface area contributed by atoms with Crippen molar-refractivity contribution in [2.24, 2.45) is 7.05 Å². The van der Waals surface area contributed by atoms with Gasteiger partial charge in [0.25, 0.3) is 11.1 Å². The van der Waals surface area contributed by atoms with Gasteiger partial charge in [0.05, 0.1) is 6.61 Å². The van der Waals surface area contributed by atoms with Gasteiger partial charge >= 0.3 is 0 Å². The second kappa shape index (κ2) is 7.80. The number of rotatable bonds is 4. The highest BCUT2D eigenvalue weighted by molar-refractivity contribution is 5.49. The van der Waals surface area contributed by atoms with Crippen molar-refractivity contribution in [2.75, 3.05) is 6.61 Å². The molecule has 1 heterocycles. The Bertz CT molecular complexity index is 1130. The van der Waals surface area contributed by atoms with Crippen LogP contribution in [0.15, 0.2) is 70.3 Å². The lowest BCUT2D eigenvalue weighted by atomic mass is 10.2. The van der Waals surface area contributed by atoms with Crippen LogP contribution in [0.25, 0.3) is 12.2 Å². The standard InChI is InChI=1S/C21H20N2O3/c1-22-18(14-16-8-4-2-5-9-16)21(26)23(12-13-24)19(20(22)25)15-17-10-6-3-7-11-17/h2-11,14-15,24H,12-13H2,1H3/b18-14-,19-15-. The van der Waals surface area contributed by atoms with Crippen molar-refractivity contribution >= 4 is 12.2 Å². The Morgan fingerprint density at radius 1 is 0.808 bits per heavy atom. The molecule has 0 spiro atoms. The fourth-order valence-electron chi connectivity index (χ4n) is 2.82. The molecule has 1 N–H and O–H groups in total.